The summed E-state index contributed by atoms with van der Waals surface area (Å²) in [6.45, 7) is 2.26. The Bertz CT molecular complexity index is 341. The van der Waals surface area contributed by atoms with Crippen molar-refractivity contribution in [2.45, 2.75) is 31.3 Å². The fraction of sp³-hybridized carbons (Fsp3) is 0.643. The topological polar surface area (TPSA) is 35.6 Å². The number of allylic oxidation sites excluding steroid dienone is 1. The summed E-state index contributed by atoms with van der Waals surface area (Å²) in [6.07, 6.45) is 10.6. The first-order valence-corrected chi connectivity index (χ1v) is 6.70. The lowest BCUT2D eigenvalue weighted by atomic mass is 10.0. The van der Waals surface area contributed by atoms with Crippen LogP contribution in [0.4, 0.5) is 0 Å². The lowest BCUT2D eigenvalue weighted by Gasteiger charge is -2.37. The van der Waals surface area contributed by atoms with Crippen molar-refractivity contribution in [2.24, 2.45) is 0 Å². The minimum atomic E-state index is 0.172. The first kappa shape index (κ1) is 13.1. The largest absolute Gasteiger partial charge is 0.372 e. The molecule has 1 fully saturated rings. The summed E-state index contributed by atoms with van der Waals surface area (Å²) in [5.74, 6) is 0. The number of likely N-dealkylation sites (tertiary alicyclic amines) is 1. The van der Waals surface area contributed by atoms with Crippen LogP contribution in [0.3, 0.4) is 0 Å². The molecule has 1 N–H and O–H groups in total. The van der Waals surface area contributed by atoms with Gasteiger partial charge in [-0.25, -0.2) is 0 Å². The van der Waals surface area contributed by atoms with E-state index in [0.717, 1.165) is 32.0 Å². The van der Waals surface area contributed by atoms with Crippen molar-refractivity contribution in [3.05, 3.63) is 23.9 Å². The van der Waals surface area contributed by atoms with Gasteiger partial charge in [-0.1, -0.05) is 12.2 Å². The molecule has 18 heavy (non-hydrogen) atoms. The maximum atomic E-state index is 10.4. The van der Waals surface area contributed by atoms with E-state index in [1.165, 1.54) is 18.5 Å². The molecule has 4 nitrogen and oxygen atoms in total. The number of hydrogen-bond acceptors (Lipinski definition) is 3. The molecule has 1 aliphatic heterocycles. The molecule has 1 heterocycles. The van der Waals surface area contributed by atoms with Crippen molar-refractivity contribution in [1.29, 1.82) is 0 Å². The Labute approximate surface area is 109 Å². The van der Waals surface area contributed by atoms with Gasteiger partial charge in [-0.3, -0.25) is 4.79 Å². The Kier molecular flexibility index (Phi) is 4.42. The van der Waals surface area contributed by atoms with E-state index in [2.05, 4.69) is 47.4 Å². The fourth-order valence-corrected chi connectivity index (χ4v) is 2.70. The minimum Gasteiger partial charge on any atom is -0.372 e. The normalized spacial score (nSPS) is 25.2. The maximum Gasteiger partial charge on any atom is 0.207 e. The second-order valence-electron chi connectivity index (χ2n) is 5.30. The van der Waals surface area contributed by atoms with Gasteiger partial charge >= 0.3 is 0 Å². The van der Waals surface area contributed by atoms with E-state index in [9.17, 15) is 4.79 Å². The monoisotopic (exact) mass is 249 g/mol. The van der Waals surface area contributed by atoms with E-state index in [-0.39, 0.29) is 6.04 Å². The van der Waals surface area contributed by atoms with Gasteiger partial charge in [0, 0.05) is 24.8 Å². The molecule has 2 aliphatic rings. The number of amides is 1. The highest BCUT2D eigenvalue weighted by molar-refractivity contribution is 5.48. The van der Waals surface area contributed by atoms with Gasteiger partial charge < -0.3 is 15.1 Å². The molecular weight excluding hydrogens is 226 g/mol. The molecule has 1 unspecified atom stereocenters. The van der Waals surface area contributed by atoms with Crippen LogP contribution in [0.1, 0.15) is 19.3 Å². The van der Waals surface area contributed by atoms with Crippen molar-refractivity contribution < 1.29 is 4.79 Å². The van der Waals surface area contributed by atoms with E-state index in [1.54, 1.807) is 0 Å². The quantitative estimate of drug-likeness (QED) is 0.754. The lowest BCUT2D eigenvalue weighted by molar-refractivity contribution is -0.109. The summed E-state index contributed by atoms with van der Waals surface area (Å²) in [5, 5.41) is 2.79. The van der Waals surface area contributed by atoms with Crippen LogP contribution >= 0.6 is 0 Å². The van der Waals surface area contributed by atoms with Crippen LogP contribution in [-0.2, 0) is 4.79 Å². The summed E-state index contributed by atoms with van der Waals surface area (Å²) < 4.78 is 0. The Morgan fingerprint density at radius 1 is 1.39 bits per heavy atom. The molecule has 0 aromatic heterocycles. The molecule has 4 heteroatoms. The average Bonchev–Trinajstić information content (AvgIpc) is 2.40. The molecule has 0 aromatic carbocycles. The van der Waals surface area contributed by atoms with Crippen molar-refractivity contribution in [2.75, 3.05) is 27.2 Å². The molecule has 1 saturated heterocycles. The molecule has 0 saturated carbocycles. The van der Waals surface area contributed by atoms with Crippen LogP contribution in [0.15, 0.2) is 23.9 Å². The van der Waals surface area contributed by atoms with Crippen LogP contribution < -0.4 is 5.32 Å². The zero-order valence-corrected chi connectivity index (χ0v) is 11.3. The van der Waals surface area contributed by atoms with Gasteiger partial charge in [0.2, 0.25) is 6.41 Å². The second-order valence-corrected chi connectivity index (χ2v) is 5.30. The smallest absolute Gasteiger partial charge is 0.207 e. The highest BCUT2D eigenvalue weighted by Gasteiger charge is 2.22. The van der Waals surface area contributed by atoms with Gasteiger partial charge in [0.05, 0.1) is 6.04 Å². The molecule has 1 amide bonds. The highest BCUT2D eigenvalue weighted by atomic mass is 16.1. The Hall–Kier alpha value is -1.29. The zero-order chi connectivity index (χ0) is 13.0. The molecule has 100 valence electrons. The van der Waals surface area contributed by atoms with Crippen molar-refractivity contribution >= 4 is 6.41 Å². The summed E-state index contributed by atoms with van der Waals surface area (Å²) in [7, 11) is 4.32. The SMILES string of the molecule is CN(C)C1CCN(C2=CCC(NC=O)C=C2)CC1. The predicted molar refractivity (Wildman–Crippen MR) is 73.1 cm³/mol. The van der Waals surface area contributed by atoms with E-state index in [1.807, 2.05) is 0 Å². The minimum absolute atomic E-state index is 0.172. The number of nitrogens with one attached hydrogen (secondary N) is 1. The summed E-state index contributed by atoms with van der Waals surface area (Å²) in [5.41, 5.74) is 1.32. The number of carbonyl (C=O) groups is 1. The van der Waals surface area contributed by atoms with Crippen LogP contribution in [-0.4, -0.2) is 55.5 Å². The Balaban J connectivity index is 1.84. The average molecular weight is 249 g/mol. The van der Waals surface area contributed by atoms with Crippen molar-refractivity contribution in [1.82, 2.24) is 15.1 Å². The zero-order valence-electron chi connectivity index (χ0n) is 11.3. The molecule has 0 spiro atoms. The molecule has 0 radical (unpaired) electrons. The van der Waals surface area contributed by atoms with Crippen LogP contribution in [0.5, 0.6) is 0 Å². The third-order valence-corrected chi connectivity index (χ3v) is 3.92. The summed E-state index contributed by atoms with van der Waals surface area (Å²) >= 11 is 0. The Morgan fingerprint density at radius 3 is 2.61 bits per heavy atom. The maximum absolute atomic E-state index is 10.4. The van der Waals surface area contributed by atoms with Crippen LogP contribution in [0.25, 0.3) is 0 Å². The molecule has 2 rings (SSSR count). The lowest BCUT2D eigenvalue weighted by Crippen LogP contribution is -2.41. The Morgan fingerprint density at radius 2 is 2.11 bits per heavy atom. The third kappa shape index (κ3) is 3.13. The molecule has 1 atom stereocenters. The standard InChI is InChI=1S/C14H23N3O/c1-16(2)13-7-9-17(10-8-13)14-5-3-12(4-6-14)15-11-18/h3,5-6,11-13H,4,7-10H2,1-2H3,(H,15,18). The van der Waals surface area contributed by atoms with Gasteiger partial charge in [-0.2, -0.15) is 0 Å². The van der Waals surface area contributed by atoms with E-state index >= 15 is 0 Å². The number of nitrogens with zero attached hydrogens (tertiary/aromatic N) is 2. The summed E-state index contributed by atoms with van der Waals surface area (Å²) in [6, 6.07) is 0.893. The number of hydrogen-bond donors (Lipinski definition) is 1. The molecular formula is C14H23N3O. The van der Waals surface area contributed by atoms with Gasteiger partial charge in [0.25, 0.3) is 0 Å². The highest BCUT2D eigenvalue weighted by Crippen LogP contribution is 2.21. The number of piperidine rings is 1. The van der Waals surface area contributed by atoms with Gasteiger partial charge in [-0.15, -0.1) is 0 Å². The molecule has 0 bridgehead atoms. The fourth-order valence-electron chi connectivity index (χ4n) is 2.70. The van der Waals surface area contributed by atoms with E-state index < -0.39 is 0 Å². The first-order valence-electron chi connectivity index (χ1n) is 6.70. The van der Waals surface area contributed by atoms with Crippen LogP contribution in [0.2, 0.25) is 0 Å². The van der Waals surface area contributed by atoms with E-state index in [0.29, 0.717) is 0 Å². The van der Waals surface area contributed by atoms with Crippen LogP contribution in [0, 0.1) is 0 Å². The molecule has 1 aliphatic carbocycles. The van der Waals surface area contributed by atoms with Crippen molar-refractivity contribution in [3.8, 4) is 0 Å². The summed E-state index contributed by atoms with van der Waals surface area (Å²) in [4.78, 5) is 15.2. The van der Waals surface area contributed by atoms with Crippen molar-refractivity contribution in [3.63, 3.8) is 0 Å². The predicted octanol–water partition coefficient (Wildman–Crippen LogP) is 0.971. The van der Waals surface area contributed by atoms with Gasteiger partial charge in [0.15, 0.2) is 0 Å². The molecule has 0 aromatic rings. The number of rotatable bonds is 4. The number of carbonyl (C=O) groups excluding carboxylic acids is 1. The second kappa shape index (κ2) is 6.05. The van der Waals surface area contributed by atoms with Gasteiger partial charge in [0.1, 0.15) is 0 Å². The third-order valence-electron chi connectivity index (χ3n) is 3.92. The van der Waals surface area contributed by atoms with Gasteiger partial charge in [-0.05, 0) is 39.4 Å². The first-order chi connectivity index (χ1) is 8.70. The van der Waals surface area contributed by atoms with E-state index in [4.69, 9.17) is 0 Å².